The van der Waals surface area contributed by atoms with E-state index in [2.05, 4.69) is 49.1 Å². The van der Waals surface area contributed by atoms with Crippen molar-refractivity contribution in [1.29, 1.82) is 5.26 Å². The number of hydrogen-bond acceptors (Lipinski definition) is 2. The van der Waals surface area contributed by atoms with Crippen molar-refractivity contribution in [2.45, 2.75) is 26.7 Å². The SMILES string of the molecule is CCN(CCCC#N)c1ccc(C)cc1. The molecule has 0 spiro atoms. The van der Waals surface area contributed by atoms with Gasteiger partial charge >= 0.3 is 0 Å². The second-order valence-electron chi connectivity index (χ2n) is 3.68. The zero-order valence-electron chi connectivity index (χ0n) is 9.53. The summed E-state index contributed by atoms with van der Waals surface area (Å²) < 4.78 is 0. The fourth-order valence-corrected chi connectivity index (χ4v) is 1.57. The lowest BCUT2D eigenvalue weighted by Crippen LogP contribution is -2.23. The predicted molar refractivity (Wildman–Crippen MR) is 63.9 cm³/mol. The monoisotopic (exact) mass is 202 g/mol. The van der Waals surface area contributed by atoms with Crippen molar-refractivity contribution in [2.75, 3.05) is 18.0 Å². The Morgan fingerprint density at radius 2 is 1.93 bits per heavy atom. The summed E-state index contributed by atoms with van der Waals surface area (Å²) in [6.45, 7) is 6.20. The zero-order valence-corrected chi connectivity index (χ0v) is 9.53. The van der Waals surface area contributed by atoms with Gasteiger partial charge in [-0.3, -0.25) is 0 Å². The van der Waals surface area contributed by atoms with E-state index in [1.807, 2.05) is 0 Å². The van der Waals surface area contributed by atoms with Crippen molar-refractivity contribution in [3.63, 3.8) is 0 Å². The Hall–Kier alpha value is -1.49. The lowest BCUT2D eigenvalue weighted by Gasteiger charge is -2.22. The molecule has 0 heterocycles. The van der Waals surface area contributed by atoms with Gasteiger partial charge in [-0.05, 0) is 32.4 Å². The van der Waals surface area contributed by atoms with Gasteiger partial charge in [0.1, 0.15) is 0 Å². The molecular formula is C13H18N2. The van der Waals surface area contributed by atoms with Crippen LogP contribution in [0.4, 0.5) is 5.69 Å². The minimum Gasteiger partial charge on any atom is -0.372 e. The van der Waals surface area contributed by atoms with Crippen LogP contribution in [0.15, 0.2) is 24.3 Å². The van der Waals surface area contributed by atoms with Gasteiger partial charge in [0.15, 0.2) is 0 Å². The molecule has 15 heavy (non-hydrogen) atoms. The summed E-state index contributed by atoms with van der Waals surface area (Å²) in [7, 11) is 0. The normalized spacial score (nSPS) is 9.67. The average Bonchev–Trinajstić information content (AvgIpc) is 2.26. The van der Waals surface area contributed by atoms with Crippen molar-refractivity contribution >= 4 is 5.69 Å². The van der Waals surface area contributed by atoms with E-state index < -0.39 is 0 Å². The molecule has 0 unspecified atom stereocenters. The molecule has 0 N–H and O–H groups in total. The van der Waals surface area contributed by atoms with Crippen LogP contribution in [0, 0.1) is 18.3 Å². The molecule has 0 atom stereocenters. The van der Waals surface area contributed by atoms with Crippen LogP contribution in [0.25, 0.3) is 0 Å². The van der Waals surface area contributed by atoms with Crippen LogP contribution in [0.5, 0.6) is 0 Å². The third kappa shape index (κ3) is 3.63. The van der Waals surface area contributed by atoms with Gasteiger partial charge < -0.3 is 4.90 Å². The van der Waals surface area contributed by atoms with Crippen LogP contribution in [0.2, 0.25) is 0 Å². The molecule has 0 saturated heterocycles. The minimum absolute atomic E-state index is 0.641. The van der Waals surface area contributed by atoms with Crippen molar-refractivity contribution in [2.24, 2.45) is 0 Å². The Kier molecular flexibility index (Phi) is 4.70. The average molecular weight is 202 g/mol. The van der Waals surface area contributed by atoms with Crippen LogP contribution in [0.3, 0.4) is 0 Å². The molecule has 0 bridgehead atoms. The highest BCUT2D eigenvalue weighted by atomic mass is 15.1. The molecule has 80 valence electrons. The van der Waals surface area contributed by atoms with Gasteiger partial charge in [0, 0.05) is 25.2 Å². The van der Waals surface area contributed by atoms with Crippen molar-refractivity contribution in [1.82, 2.24) is 0 Å². The molecule has 0 fully saturated rings. The molecule has 2 heteroatoms. The fourth-order valence-electron chi connectivity index (χ4n) is 1.57. The summed E-state index contributed by atoms with van der Waals surface area (Å²) in [5, 5.41) is 8.49. The number of unbranched alkanes of at least 4 members (excludes halogenated alkanes) is 1. The maximum absolute atomic E-state index is 8.49. The molecule has 1 aromatic carbocycles. The van der Waals surface area contributed by atoms with Crippen LogP contribution in [0.1, 0.15) is 25.3 Å². The van der Waals surface area contributed by atoms with Gasteiger partial charge in [-0.1, -0.05) is 17.7 Å². The molecule has 0 amide bonds. The first-order chi connectivity index (χ1) is 7.27. The van der Waals surface area contributed by atoms with E-state index in [4.69, 9.17) is 5.26 Å². The molecule has 1 rings (SSSR count). The van der Waals surface area contributed by atoms with E-state index in [0.717, 1.165) is 19.5 Å². The van der Waals surface area contributed by atoms with Gasteiger partial charge in [0.2, 0.25) is 0 Å². The number of nitriles is 1. The van der Waals surface area contributed by atoms with Crippen LogP contribution < -0.4 is 4.90 Å². The fraction of sp³-hybridized carbons (Fsp3) is 0.462. The lowest BCUT2D eigenvalue weighted by atomic mass is 10.2. The first kappa shape index (κ1) is 11.6. The Morgan fingerprint density at radius 3 is 2.47 bits per heavy atom. The van der Waals surface area contributed by atoms with E-state index in [1.165, 1.54) is 11.3 Å². The lowest BCUT2D eigenvalue weighted by molar-refractivity contribution is 0.761. The maximum atomic E-state index is 8.49. The third-order valence-corrected chi connectivity index (χ3v) is 2.50. The molecule has 1 aromatic rings. The predicted octanol–water partition coefficient (Wildman–Crippen LogP) is 3.13. The van der Waals surface area contributed by atoms with Gasteiger partial charge in [-0.15, -0.1) is 0 Å². The van der Waals surface area contributed by atoms with Crippen LogP contribution in [-0.4, -0.2) is 13.1 Å². The first-order valence-corrected chi connectivity index (χ1v) is 5.46. The highest BCUT2D eigenvalue weighted by Crippen LogP contribution is 2.15. The van der Waals surface area contributed by atoms with Gasteiger partial charge in [-0.2, -0.15) is 5.26 Å². The van der Waals surface area contributed by atoms with E-state index in [-0.39, 0.29) is 0 Å². The molecule has 0 aliphatic heterocycles. The van der Waals surface area contributed by atoms with E-state index in [9.17, 15) is 0 Å². The van der Waals surface area contributed by atoms with Crippen molar-refractivity contribution in [3.05, 3.63) is 29.8 Å². The Morgan fingerprint density at radius 1 is 1.27 bits per heavy atom. The van der Waals surface area contributed by atoms with Gasteiger partial charge in [-0.25, -0.2) is 0 Å². The summed E-state index contributed by atoms with van der Waals surface area (Å²) in [5.74, 6) is 0. The highest BCUT2D eigenvalue weighted by Gasteiger charge is 2.02. The minimum atomic E-state index is 0.641. The van der Waals surface area contributed by atoms with Crippen LogP contribution in [-0.2, 0) is 0 Å². The highest BCUT2D eigenvalue weighted by molar-refractivity contribution is 5.47. The van der Waals surface area contributed by atoms with Gasteiger partial charge in [0.05, 0.1) is 6.07 Å². The topological polar surface area (TPSA) is 27.0 Å². The van der Waals surface area contributed by atoms with Crippen molar-refractivity contribution < 1.29 is 0 Å². The molecule has 0 aliphatic rings. The number of hydrogen-bond donors (Lipinski definition) is 0. The number of rotatable bonds is 5. The summed E-state index contributed by atoms with van der Waals surface area (Å²) in [6.07, 6.45) is 1.58. The molecule has 2 nitrogen and oxygen atoms in total. The van der Waals surface area contributed by atoms with E-state index >= 15 is 0 Å². The number of nitrogens with zero attached hydrogens (tertiary/aromatic N) is 2. The second-order valence-corrected chi connectivity index (χ2v) is 3.68. The second kappa shape index (κ2) is 6.08. The van der Waals surface area contributed by atoms with Crippen molar-refractivity contribution in [3.8, 4) is 6.07 Å². The largest absolute Gasteiger partial charge is 0.372 e. The van der Waals surface area contributed by atoms with Crippen LogP contribution >= 0.6 is 0 Å². The molecule has 0 aromatic heterocycles. The third-order valence-electron chi connectivity index (χ3n) is 2.50. The zero-order chi connectivity index (χ0) is 11.1. The first-order valence-electron chi connectivity index (χ1n) is 5.46. The summed E-state index contributed by atoms with van der Waals surface area (Å²) in [4.78, 5) is 2.30. The number of anilines is 1. The number of aryl methyl sites for hydroxylation is 1. The Balaban J connectivity index is 2.58. The molecular weight excluding hydrogens is 184 g/mol. The van der Waals surface area contributed by atoms with Gasteiger partial charge in [0.25, 0.3) is 0 Å². The van der Waals surface area contributed by atoms with E-state index in [0.29, 0.717) is 6.42 Å². The molecule has 0 aliphatic carbocycles. The van der Waals surface area contributed by atoms with E-state index in [1.54, 1.807) is 0 Å². The smallest absolute Gasteiger partial charge is 0.0622 e. The molecule has 0 radical (unpaired) electrons. The standard InChI is InChI=1S/C13H18N2/c1-3-15(11-5-4-10-14)13-8-6-12(2)7-9-13/h6-9H,3-5,11H2,1-2H3. The summed E-state index contributed by atoms with van der Waals surface area (Å²) in [5.41, 5.74) is 2.54. The summed E-state index contributed by atoms with van der Waals surface area (Å²) >= 11 is 0. The number of benzene rings is 1. The molecule has 0 saturated carbocycles. The Labute approximate surface area is 92.1 Å². The summed E-state index contributed by atoms with van der Waals surface area (Å²) in [6, 6.07) is 10.7. The maximum Gasteiger partial charge on any atom is 0.0622 e. The Bertz CT molecular complexity index is 321. The quantitative estimate of drug-likeness (QED) is 0.686.